The van der Waals surface area contributed by atoms with E-state index in [0.29, 0.717) is 33.2 Å². The molecule has 6 heterocycles. The lowest BCUT2D eigenvalue weighted by atomic mass is 9.83. The zero-order chi connectivity index (χ0) is 111. The van der Waals surface area contributed by atoms with Crippen LogP contribution in [0.15, 0.2) is 251 Å². The fraction of sp³-hybridized carbons (Fsp3) is 0.323. The van der Waals surface area contributed by atoms with Gasteiger partial charge in [0.1, 0.15) is 67.0 Å². The molecular weight excluding hydrogens is 1590 g/mol. The van der Waals surface area contributed by atoms with E-state index in [9.17, 15) is 0 Å². The van der Waals surface area contributed by atoms with E-state index in [2.05, 4.69) is 244 Å². The first-order chi connectivity index (χ1) is 70.0. The van der Waals surface area contributed by atoms with Gasteiger partial charge >= 0.3 is 0 Å². The summed E-state index contributed by atoms with van der Waals surface area (Å²) in [5.74, 6) is -0.425. The van der Waals surface area contributed by atoms with Gasteiger partial charge in [0.15, 0.2) is 0 Å². The SMILES string of the molecule is Cc1ccc2c(oc3c2ccc2ccc4ccccc4c23)c1C(C)(C)C.Cc1ccc2c(oc3cccc(C)c32)c1C(C)(C)C.[2H]C([2H])([2H])c1cc(C([2H])([2H])[2H])c2oc3c(C(C)(C)C)c(C)ccc3c2c1.[2H]C1(c2ccc3c(ccc4c5ccc(C)c(C(C)(C)C)c5oc34)c2)CCCCC1.[2H]c1c(C([2H])([2H])[2H])c([2H])c2oc3c(C(C)(C)C)c(C)c([2H])c([2H])c3c2c1[2H].[2H]c1c([2H])c([2H])c2c(oc3c(C(C)(C)C)c(C)c([2H])c([2H])c32)c1[2H]. The number of hydrogen-bond donors (Lipinski definition) is 0. The van der Waals surface area contributed by atoms with Crippen molar-refractivity contribution < 1.29 is 55.3 Å². The highest BCUT2D eigenvalue weighted by Crippen LogP contribution is 2.49. The van der Waals surface area contributed by atoms with Crippen molar-refractivity contribution >= 4 is 164 Å². The van der Waals surface area contributed by atoms with Crippen LogP contribution in [0.5, 0.6) is 0 Å². The Morgan fingerprint density at radius 1 is 0.262 bits per heavy atom. The molecule has 6 heteroatoms. The molecule has 0 saturated heterocycles. The molecule has 22 rings (SSSR count). The van der Waals surface area contributed by atoms with E-state index >= 15 is 0 Å². The second-order valence-electron chi connectivity index (χ2n) is 41.9. The van der Waals surface area contributed by atoms with E-state index in [0.717, 1.165) is 79.4 Å². The van der Waals surface area contributed by atoms with Crippen LogP contribution in [-0.2, 0) is 32.5 Å². The highest BCUT2D eigenvalue weighted by atomic mass is 16.4. The molecule has 664 valence electrons. The van der Waals surface area contributed by atoms with E-state index < -0.39 is 55.6 Å². The minimum atomic E-state index is -2.73. The molecule has 1 aliphatic carbocycles. The van der Waals surface area contributed by atoms with Crippen LogP contribution in [-0.4, -0.2) is 0 Å². The molecule has 0 unspecified atom stereocenters. The molecule has 1 saturated carbocycles. The number of aryl methyl sites for hydroxylation is 7. The third kappa shape index (κ3) is 16.7. The van der Waals surface area contributed by atoms with Crippen molar-refractivity contribution in [3.63, 3.8) is 0 Å². The highest BCUT2D eigenvalue weighted by Gasteiger charge is 2.31. The largest absolute Gasteiger partial charge is 0.456 e. The average molecular weight is 1740 g/mol. The number of furan rings is 6. The molecule has 0 atom stereocenters. The summed E-state index contributed by atoms with van der Waals surface area (Å²) in [6.07, 6.45) is 5.54. The Balaban J connectivity index is 0.000000124. The number of rotatable bonds is 1. The number of para-hydroxylation sites is 1. The van der Waals surface area contributed by atoms with E-state index in [1.165, 1.54) is 130 Å². The van der Waals surface area contributed by atoms with Crippen molar-refractivity contribution in [3.05, 3.63) is 319 Å². The lowest BCUT2D eigenvalue weighted by Crippen LogP contribution is -2.13. The summed E-state index contributed by atoms with van der Waals surface area (Å²) in [5, 5.41) is 16.6. The number of fused-ring (bicyclic) bond motifs is 24. The van der Waals surface area contributed by atoms with Gasteiger partial charge in [0.05, 0.1) is 15.1 Å². The van der Waals surface area contributed by atoms with E-state index in [4.69, 9.17) is 55.3 Å². The van der Waals surface area contributed by atoms with Gasteiger partial charge in [-0.25, -0.2) is 0 Å². The maximum atomic E-state index is 8.98. The van der Waals surface area contributed by atoms with Crippen molar-refractivity contribution in [1.82, 2.24) is 0 Å². The van der Waals surface area contributed by atoms with Crippen LogP contribution in [0.4, 0.5) is 0 Å². The Hall–Kier alpha value is -12.1. The summed E-state index contributed by atoms with van der Waals surface area (Å²) < 4.78 is 206. The standard InChI is InChI=1S/C27H30O.C25H22O.C19H22O.2C18H20O.C17H18O/c1-17-10-13-23-22-15-12-20-16-19(18-8-6-5-7-9-18)11-14-21(20)25(22)28-26(23)24(17)27(2,3)4;1-15-9-13-20-19-14-12-17-11-10-16-7-5-6-8-18(16)21(17)23(19)26-24(20)22(15)25(2,3)4;1-11-9-13(3)17-15(10-11)14-8-7-12(2)16(18(14)20-17)19(4,5)6;1-11-6-8-13-14-9-7-12(2)16(18(3,4)5)17(14)19-15(13)10-11;1-11-7-6-8-14-15(11)13-10-9-12(2)16(17(13)19-14)18(3,4)5;1-11-9-10-13-12-7-5-6-8-14(12)18-16(13)15(11)17(2,3)4/h10-16,18H,5-9H2,1-4H3;5-14H,1-4H3;7-10H,1-6H3;2*6-10H,1-5H3;5-10H,1-4H3/i18D;;1D3,3D3;1D3,6D,7D,8D,9D,10D;;5D,6D,7D,8D,9D,10D. The number of benzene rings is 15. The Morgan fingerprint density at radius 3 is 1.25 bits per heavy atom. The normalized spacial score (nSPS) is 16.2. The molecule has 6 aromatic heterocycles. The Bertz CT molecular complexity index is 9150. The van der Waals surface area contributed by atoms with E-state index in [1.807, 2.05) is 60.6 Å². The van der Waals surface area contributed by atoms with Crippen molar-refractivity contribution in [2.24, 2.45) is 0 Å². The minimum Gasteiger partial charge on any atom is -0.456 e. The smallest absolute Gasteiger partial charge is 0.143 e. The predicted molar refractivity (Wildman–Crippen MR) is 560 cm³/mol. The summed E-state index contributed by atoms with van der Waals surface area (Å²) >= 11 is 0. The summed E-state index contributed by atoms with van der Waals surface area (Å²) in [5.41, 5.74) is 21.0. The van der Waals surface area contributed by atoms with Crippen molar-refractivity contribution in [3.8, 4) is 0 Å². The third-order valence-corrected chi connectivity index (χ3v) is 25.7. The van der Waals surface area contributed by atoms with Crippen LogP contribution in [0.25, 0.3) is 164 Å². The van der Waals surface area contributed by atoms with Gasteiger partial charge in [-0.2, -0.15) is 0 Å². The first-order valence-corrected chi connectivity index (χ1v) is 45.5. The lowest BCUT2D eigenvalue weighted by Gasteiger charge is -2.22. The predicted octanol–water partition coefficient (Wildman–Crippen LogP) is 37.9. The highest BCUT2D eigenvalue weighted by molar-refractivity contribution is 6.24. The summed E-state index contributed by atoms with van der Waals surface area (Å²) in [7, 11) is 0. The molecule has 0 spiro atoms. The Morgan fingerprint density at radius 2 is 0.692 bits per heavy atom. The first-order valence-electron chi connectivity index (χ1n) is 56.0. The van der Waals surface area contributed by atoms with Gasteiger partial charge in [-0.05, 0) is 239 Å². The molecule has 1 aliphatic rings. The van der Waals surface area contributed by atoms with Gasteiger partial charge in [-0.1, -0.05) is 332 Å². The van der Waals surface area contributed by atoms with Gasteiger partial charge in [0, 0.05) is 122 Å². The molecule has 21 aromatic rings. The van der Waals surface area contributed by atoms with E-state index in [-0.39, 0.29) is 130 Å². The Kier molecular flexibility index (Phi) is 17.4. The molecule has 1 fully saturated rings. The van der Waals surface area contributed by atoms with Crippen LogP contribution in [0.2, 0.25) is 0 Å². The molecule has 130 heavy (non-hydrogen) atoms. The quantitative estimate of drug-likeness (QED) is 0.152. The fourth-order valence-electron chi connectivity index (χ4n) is 20.5. The van der Waals surface area contributed by atoms with Crippen LogP contribution < -0.4 is 0 Å². The van der Waals surface area contributed by atoms with Gasteiger partial charge in [0.25, 0.3) is 0 Å². The molecule has 0 N–H and O–H groups in total. The maximum Gasteiger partial charge on any atom is 0.143 e. The van der Waals surface area contributed by atoms with Crippen LogP contribution in [0.3, 0.4) is 0 Å². The van der Waals surface area contributed by atoms with Gasteiger partial charge in [-0.15, -0.1) is 0 Å². The first kappa shape index (κ1) is 67.1. The topological polar surface area (TPSA) is 78.8 Å². The molecule has 0 aliphatic heterocycles. The van der Waals surface area contributed by atoms with Crippen LogP contribution >= 0.6 is 0 Å². The van der Waals surface area contributed by atoms with Crippen molar-refractivity contribution in [1.29, 1.82) is 0 Å². The number of hydrogen-bond acceptors (Lipinski definition) is 6. The van der Waals surface area contributed by atoms with Gasteiger partial charge < -0.3 is 26.5 Å². The zero-order valence-corrected chi connectivity index (χ0v) is 80.0. The summed E-state index contributed by atoms with van der Waals surface area (Å²) in [4.78, 5) is 0. The molecule has 0 bridgehead atoms. The molecule has 0 radical (unpaired) electrons. The summed E-state index contributed by atoms with van der Waals surface area (Å²) in [6, 6.07) is 51.7. The lowest BCUT2D eigenvalue weighted by molar-refractivity contribution is 0.444. The third-order valence-electron chi connectivity index (χ3n) is 25.7. The van der Waals surface area contributed by atoms with Crippen LogP contribution in [0, 0.1) is 69.0 Å². The maximum absolute atomic E-state index is 8.98. The monoisotopic (exact) mass is 1740 g/mol. The summed E-state index contributed by atoms with van der Waals surface area (Å²) in [6.45, 7) is 44.7. The molecule has 15 aromatic carbocycles. The molecule has 0 amide bonds. The minimum absolute atomic E-state index is 0.00696. The molecule has 6 nitrogen and oxygen atoms in total. The average Bonchev–Trinajstić information content (AvgIpc) is 1.56. The second kappa shape index (κ2) is 33.7. The Labute approximate surface area is 798 Å². The molecular formula is C124H132O6. The van der Waals surface area contributed by atoms with Crippen molar-refractivity contribution in [2.45, 2.75) is 264 Å². The van der Waals surface area contributed by atoms with Gasteiger partial charge in [-0.3, -0.25) is 0 Å². The fourth-order valence-corrected chi connectivity index (χ4v) is 20.5. The van der Waals surface area contributed by atoms with Gasteiger partial charge in [0.2, 0.25) is 0 Å². The van der Waals surface area contributed by atoms with Crippen LogP contribution in [0.1, 0.15) is 286 Å². The second-order valence-corrected chi connectivity index (χ2v) is 41.9. The van der Waals surface area contributed by atoms with E-state index in [1.54, 1.807) is 13.8 Å². The van der Waals surface area contributed by atoms with Crippen molar-refractivity contribution in [2.75, 3.05) is 0 Å². The zero-order valence-electron chi connectivity index (χ0n) is 101.